The highest BCUT2D eigenvalue weighted by Gasteiger charge is 2.38. The van der Waals surface area contributed by atoms with Crippen LogP contribution >= 0.6 is 0 Å². The van der Waals surface area contributed by atoms with Crippen LogP contribution in [-0.2, 0) is 0 Å². The summed E-state index contributed by atoms with van der Waals surface area (Å²) in [6, 6.07) is 11.5. The van der Waals surface area contributed by atoms with Crippen LogP contribution in [0.15, 0.2) is 36.4 Å². The lowest BCUT2D eigenvalue weighted by molar-refractivity contribution is 0.0947. The summed E-state index contributed by atoms with van der Waals surface area (Å²) in [6.07, 6.45) is 3.76. The zero-order chi connectivity index (χ0) is 18.5. The van der Waals surface area contributed by atoms with Crippen molar-refractivity contribution in [2.45, 2.75) is 25.3 Å². The number of carbonyl (C=O) groups is 1. The van der Waals surface area contributed by atoms with Gasteiger partial charge in [0.2, 0.25) is 0 Å². The van der Waals surface area contributed by atoms with Gasteiger partial charge >= 0.3 is 0 Å². The van der Waals surface area contributed by atoms with Gasteiger partial charge in [-0.1, -0.05) is 12.1 Å². The van der Waals surface area contributed by atoms with E-state index in [1.165, 1.54) is 23.9 Å². The average Bonchev–Trinajstić information content (AvgIpc) is 3.42. The number of hydrogen-bond acceptors (Lipinski definition) is 6. The summed E-state index contributed by atoms with van der Waals surface area (Å²) in [5.74, 6) is 2.15. The summed E-state index contributed by atoms with van der Waals surface area (Å²) in [5.41, 5.74) is 6.98. The second-order valence-corrected chi connectivity index (χ2v) is 7.33. The zero-order valence-electron chi connectivity index (χ0n) is 15.1. The number of nitrogens with zero attached hydrogens (tertiary/aromatic N) is 4. The van der Waals surface area contributed by atoms with Crippen LogP contribution in [0, 0.1) is 5.92 Å². The normalized spacial score (nSPS) is 21.1. The molecule has 0 amide bonds. The Morgan fingerprint density at radius 2 is 2.07 bits per heavy atom. The van der Waals surface area contributed by atoms with Gasteiger partial charge in [0.15, 0.2) is 11.5 Å². The molecular weight excluding hydrogens is 342 g/mol. The van der Waals surface area contributed by atoms with E-state index in [2.05, 4.69) is 10.00 Å². The van der Waals surface area contributed by atoms with E-state index < -0.39 is 0 Å². The van der Waals surface area contributed by atoms with Gasteiger partial charge in [-0.2, -0.15) is 4.68 Å². The molecule has 1 aliphatic carbocycles. The van der Waals surface area contributed by atoms with Crippen LogP contribution in [0.1, 0.15) is 29.6 Å². The Balaban J connectivity index is 1.60. The monoisotopic (exact) mass is 363 g/mol. The maximum absolute atomic E-state index is 13.1. The standard InChI is InChI=1S/C20H21N5O2/c1-27-16-5-3-2-4-14(16)20(26)25-19-15(18(21)23-25)8-9-17(22-19)24-11-12-6-7-13(24)10-12/h2-5,8-9,12-13H,6-7,10-11H2,1H3,(H2,21,23)/t12-,13+/m1/s1. The van der Waals surface area contributed by atoms with Crippen molar-refractivity contribution in [3.05, 3.63) is 42.0 Å². The Labute approximate surface area is 156 Å². The molecule has 7 nitrogen and oxygen atoms in total. The second kappa shape index (κ2) is 5.97. The first-order valence-corrected chi connectivity index (χ1v) is 9.25. The minimum atomic E-state index is -0.304. The highest BCUT2D eigenvalue weighted by molar-refractivity contribution is 6.04. The summed E-state index contributed by atoms with van der Waals surface area (Å²) in [6.45, 7) is 1.03. The SMILES string of the molecule is COc1ccccc1C(=O)n1nc(N)c2ccc(N3C[C@@H]4CC[C@H]3C4)nc21. The predicted octanol–water partition coefficient (Wildman–Crippen LogP) is 2.70. The van der Waals surface area contributed by atoms with Crippen LogP contribution in [0.2, 0.25) is 0 Å². The number of ether oxygens (including phenoxy) is 1. The Hall–Kier alpha value is -3.09. The van der Waals surface area contributed by atoms with E-state index in [0.717, 1.165) is 18.3 Å². The molecule has 2 bridgehead atoms. The van der Waals surface area contributed by atoms with E-state index in [0.29, 0.717) is 34.2 Å². The van der Waals surface area contributed by atoms with Crippen molar-refractivity contribution >= 4 is 28.6 Å². The number of pyridine rings is 1. The van der Waals surface area contributed by atoms with E-state index in [4.69, 9.17) is 15.5 Å². The number of benzene rings is 1. The molecule has 2 aromatic heterocycles. The van der Waals surface area contributed by atoms with Crippen molar-refractivity contribution in [2.24, 2.45) is 5.92 Å². The van der Waals surface area contributed by atoms with Crippen LogP contribution in [-0.4, -0.2) is 40.4 Å². The second-order valence-electron chi connectivity index (χ2n) is 7.33. The van der Waals surface area contributed by atoms with E-state index in [1.54, 1.807) is 25.3 Å². The van der Waals surface area contributed by atoms with E-state index in [-0.39, 0.29) is 5.91 Å². The Kier molecular flexibility index (Phi) is 3.56. The van der Waals surface area contributed by atoms with E-state index in [1.807, 2.05) is 18.2 Å². The van der Waals surface area contributed by atoms with Gasteiger partial charge < -0.3 is 15.4 Å². The zero-order valence-corrected chi connectivity index (χ0v) is 15.1. The molecule has 7 heteroatoms. The molecule has 0 spiro atoms. The van der Waals surface area contributed by atoms with Gasteiger partial charge in [-0.05, 0) is 49.4 Å². The first-order chi connectivity index (χ1) is 13.2. The third-order valence-electron chi connectivity index (χ3n) is 5.78. The summed E-state index contributed by atoms with van der Waals surface area (Å²) in [5, 5.41) is 4.95. The van der Waals surface area contributed by atoms with Crippen LogP contribution in [0.3, 0.4) is 0 Å². The maximum atomic E-state index is 13.1. The molecule has 1 aliphatic heterocycles. The first kappa shape index (κ1) is 16.1. The number of methoxy groups -OCH3 is 1. The number of hydrogen-bond donors (Lipinski definition) is 1. The molecule has 1 aromatic carbocycles. The Morgan fingerprint density at radius 1 is 1.22 bits per heavy atom. The van der Waals surface area contributed by atoms with Gasteiger partial charge in [-0.3, -0.25) is 4.79 Å². The van der Waals surface area contributed by atoms with Crippen molar-refractivity contribution in [1.29, 1.82) is 0 Å². The van der Waals surface area contributed by atoms with Gasteiger partial charge in [0.1, 0.15) is 11.6 Å². The Morgan fingerprint density at radius 3 is 2.81 bits per heavy atom. The fourth-order valence-corrected chi connectivity index (χ4v) is 4.45. The molecule has 0 radical (unpaired) electrons. The van der Waals surface area contributed by atoms with E-state index in [9.17, 15) is 4.79 Å². The molecule has 1 saturated carbocycles. The van der Waals surface area contributed by atoms with Gasteiger partial charge in [0, 0.05) is 12.6 Å². The van der Waals surface area contributed by atoms with Crippen LogP contribution in [0.4, 0.5) is 11.6 Å². The lowest BCUT2D eigenvalue weighted by Gasteiger charge is -2.28. The molecule has 27 heavy (non-hydrogen) atoms. The molecule has 0 unspecified atom stereocenters. The van der Waals surface area contributed by atoms with Crippen molar-refractivity contribution < 1.29 is 9.53 Å². The highest BCUT2D eigenvalue weighted by atomic mass is 16.5. The summed E-state index contributed by atoms with van der Waals surface area (Å²) in [7, 11) is 1.54. The van der Waals surface area contributed by atoms with Crippen molar-refractivity contribution in [1.82, 2.24) is 14.8 Å². The van der Waals surface area contributed by atoms with Gasteiger partial charge in [-0.25, -0.2) is 4.98 Å². The summed E-state index contributed by atoms with van der Waals surface area (Å²) in [4.78, 5) is 20.3. The number of piperidine rings is 1. The first-order valence-electron chi connectivity index (χ1n) is 9.25. The lowest BCUT2D eigenvalue weighted by Crippen LogP contribution is -2.32. The van der Waals surface area contributed by atoms with Gasteiger partial charge in [-0.15, -0.1) is 5.10 Å². The summed E-state index contributed by atoms with van der Waals surface area (Å²) >= 11 is 0. The number of fused-ring (bicyclic) bond motifs is 3. The smallest absolute Gasteiger partial charge is 0.283 e. The molecule has 1 saturated heterocycles. The largest absolute Gasteiger partial charge is 0.496 e. The quantitative estimate of drug-likeness (QED) is 0.770. The fraction of sp³-hybridized carbons (Fsp3) is 0.350. The third-order valence-corrected chi connectivity index (χ3v) is 5.78. The number of carbonyl (C=O) groups excluding carboxylic acids is 1. The van der Waals surface area contributed by atoms with Crippen LogP contribution in [0.5, 0.6) is 5.75 Å². The van der Waals surface area contributed by atoms with Crippen molar-refractivity contribution in [3.8, 4) is 5.75 Å². The number of nitrogens with two attached hydrogens (primary N) is 1. The van der Waals surface area contributed by atoms with Crippen LogP contribution in [0.25, 0.3) is 11.0 Å². The highest BCUT2D eigenvalue weighted by Crippen LogP contribution is 2.40. The number of aromatic nitrogens is 3. The van der Waals surface area contributed by atoms with Crippen molar-refractivity contribution in [2.75, 3.05) is 24.3 Å². The number of anilines is 2. The third kappa shape index (κ3) is 2.45. The Bertz CT molecular complexity index is 1040. The minimum absolute atomic E-state index is 0.301. The van der Waals surface area contributed by atoms with E-state index >= 15 is 0 Å². The minimum Gasteiger partial charge on any atom is -0.496 e. The predicted molar refractivity (Wildman–Crippen MR) is 103 cm³/mol. The molecule has 5 rings (SSSR count). The van der Waals surface area contributed by atoms with Gasteiger partial charge in [0.05, 0.1) is 18.1 Å². The number of para-hydroxylation sites is 1. The molecule has 2 atom stereocenters. The molecule has 2 fully saturated rings. The van der Waals surface area contributed by atoms with Crippen molar-refractivity contribution in [3.63, 3.8) is 0 Å². The number of rotatable bonds is 3. The molecule has 2 N–H and O–H groups in total. The average molecular weight is 363 g/mol. The summed E-state index contributed by atoms with van der Waals surface area (Å²) < 4.78 is 6.62. The number of nitrogen functional groups attached to an aromatic ring is 1. The fourth-order valence-electron chi connectivity index (χ4n) is 4.45. The van der Waals surface area contributed by atoms with Crippen LogP contribution < -0.4 is 15.4 Å². The molecular formula is C20H21N5O2. The maximum Gasteiger partial charge on any atom is 0.283 e. The molecule has 3 aromatic rings. The molecule has 138 valence electrons. The topological polar surface area (TPSA) is 86.3 Å². The molecule has 3 heterocycles. The van der Waals surface area contributed by atoms with Gasteiger partial charge in [0.25, 0.3) is 5.91 Å². The molecule has 2 aliphatic rings. The lowest BCUT2D eigenvalue weighted by atomic mass is 10.1.